The summed E-state index contributed by atoms with van der Waals surface area (Å²) < 4.78 is 5.61. The van der Waals surface area contributed by atoms with E-state index in [2.05, 4.69) is 31.2 Å². The first kappa shape index (κ1) is 8.76. The SMILES string of the molecule is [CH2]C(c1ccccc1)C1CCCO1. The molecule has 1 heteroatoms. The largest absolute Gasteiger partial charge is 0.378 e. The first-order chi connectivity index (χ1) is 6.38. The van der Waals surface area contributed by atoms with Crippen LogP contribution < -0.4 is 0 Å². The summed E-state index contributed by atoms with van der Waals surface area (Å²) in [6.07, 6.45) is 2.68. The van der Waals surface area contributed by atoms with E-state index in [9.17, 15) is 0 Å². The van der Waals surface area contributed by atoms with Gasteiger partial charge in [0.15, 0.2) is 0 Å². The summed E-state index contributed by atoms with van der Waals surface area (Å²) in [7, 11) is 0. The Balaban J connectivity index is 2.08. The van der Waals surface area contributed by atoms with E-state index >= 15 is 0 Å². The fourth-order valence-corrected chi connectivity index (χ4v) is 1.83. The van der Waals surface area contributed by atoms with Gasteiger partial charge in [-0.1, -0.05) is 30.3 Å². The molecule has 13 heavy (non-hydrogen) atoms. The number of ether oxygens (including phenoxy) is 1. The Morgan fingerprint density at radius 2 is 2.08 bits per heavy atom. The van der Waals surface area contributed by atoms with Gasteiger partial charge in [-0.05, 0) is 25.3 Å². The van der Waals surface area contributed by atoms with Crippen molar-refractivity contribution >= 4 is 0 Å². The van der Waals surface area contributed by atoms with Gasteiger partial charge in [0, 0.05) is 12.5 Å². The highest BCUT2D eigenvalue weighted by Crippen LogP contribution is 2.27. The summed E-state index contributed by atoms with van der Waals surface area (Å²) in [6, 6.07) is 10.4. The Morgan fingerprint density at radius 1 is 1.31 bits per heavy atom. The van der Waals surface area contributed by atoms with Crippen LogP contribution in [0.1, 0.15) is 24.3 Å². The maximum atomic E-state index is 5.61. The molecule has 2 unspecified atom stereocenters. The fraction of sp³-hybridized carbons (Fsp3) is 0.417. The minimum atomic E-state index is 0.295. The zero-order valence-electron chi connectivity index (χ0n) is 7.78. The van der Waals surface area contributed by atoms with Gasteiger partial charge in [-0.2, -0.15) is 0 Å². The van der Waals surface area contributed by atoms with Gasteiger partial charge in [-0.3, -0.25) is 0 Å². The van der Waals surface area contributed by atoms with E-state index in [0.717, 1.165) is 13.0 Å². The van der Waals surface area contributed by atoms with E-state index in [1.54, 1.807) is 0 Å². The Labute approximate surface area is 79.7 Å². The molecule has 1 nitrogen and oxygen atoms in total. The first-order valence-electron chi connectivity index (χ1n) is 4.87. The molecule has 1 aliphatic rings. The van der Waals surface area contributed by atoms with Crippen LogP contribution in [-0.4, -0.2) is 12.7 Å². The van der Waals surface area contributed by atoms with Crippen molar-refractivity contribution in [1.29, 1.82) is 0 Å². The second kappa shape index (κ2) is 3.93. The molecule has 0 spiro atoms. The summed E-state index contributed by atoms with van der Waals surface area (Å²) in [5, 5.41) is 0. The summed E-state index contributed by atoms with van der Waals surface area (Å²) in [5.74, 6) is 0.295. The molecule has 1 aromatic carbocycles. The topological polar surface area (TPSA) is 9.23 Å². The second-order valence-corrected chi connectivity index (χ2v) is 3.57. The van der Waals surface area contributed by atoms with Gasteiger partial charge in [-0.25, -0.2) is 0 Å². The molecule has 1 fully saturated rings. The molecule has 1 aromatic rings. The molecule has 0 saturated carbocycles. The lowest BCUT2D eigenvalue weighted by Gasteiger charge is -2.18. The smallest absolute Gasteiger partial charge is 0.0644 e. The van der Waals surface area contributed by atoms with Crippen LogP contribution in [0.15, 0.2) is 30.3 Å². The minimum absolute atomic E-state index is 0.295. The molecule has 69 valence electrons. The lowest BCUT2D eigenvalue weighted by Crippen LogP contribution is -2.14. The molecule has 1 aliphatic heterocycles. The van der Waals surface area contributed by atoms with E-state index in [1.807, 2.05) is 6.07 Å². The Hall–Kier alpha value is -0.820. The third-order valence-corrected chi connectivity index (χ3v) is 2.64. The summed E-state index contributed by atoms with van der Waals surface area (Å²) in [4.78, 5) is 0. The quantitative estimate of drug-likeness (QED) is 0.671. The Kier molecular flexibility index (Phi) is 2.65. The summed E-state index contributed by atoms with van der Waals surface area (Å²) in [6.45, 7) is 5.07. The summed E-state index contributed by atoms with van der Waals surface area (Å²) >= 11 is 0. The molecule has 0 bridgehead atoms. The van der Waals surface area contributed by atoms with Gasteiger partial charge in [0.05, 0.1) is 6.10 Å². The van der Waals surface area contributed by atoms with Crippen LogP contribution in [-0.2, 0) is 4.74 Å². The van der Waals surface area contributed by atoms with Crippen LogP contribution in [0.2, 0.25) is 0 Å². The predicted molar refractivity (Wildman–Crippen MR) is 53.5 cm³/mol. The van der Waals surface area contributed by atoms with Gasteiger partial charge in [0.1, 0.15) is 0 Å². The highest BCUT2D eigenvalue weighted by Gasteiger charge is 2.23. The molecule has 2 rings (SSSR count). The van der Waals surface area contributed by atoms with Crippen molar-refractivity contribution in [2.24, 2.45) is 0 Å². The van der Waals surface area contributed by atoms with Crippen LogP contribution >= 0.6 is 0 Å². The van der Waals surface area contributed by atoms with Crippen molar-refractivity contribution in [2.75, 3.05) is 6.61 Å². The number of hydrogen-bond acceptors (Lipinski definition) is 1. The normalized spacial score (nSPS) is 24.5. The lowest BCUT2D eigenvalue weighted by atomic mass is 9.94. The molecule has 1 heterocycles. The lowest BCUT2D eigenvalue weighted by molar-refractivity contribution is 0.0993. The third-order valence-electron chi connectivity index (χ3n) is 2.64. The van der Waals surface area contributed by atoms with Gasteiger partial charge in [0.2, 0.25) is 0 Å². The van der Waals surface area contributed by atoms with Crippen molar-refractivity contribution in [3.05, 3.63) is 42.8 Å². The third kappa shape index (κ3) is 1.92. The molecule has 0 aliphatic carbocycles. The van der Waals surface area contributed by atoms with Crippen molar-refractivity contribution in [3.63, 3.8) is 0 Å². The molecular formula is C12H15O. The minimum Gasteiger partial charge on any atom is -0.378 e. The van der Waals surface area contributed by atoms with Crippen LogP contribution in [0.4, 0.5) is 0 Å². The standard InChI is InChI=1S/C12H15O/c1-10(12-8-5-9-13-12)11-6-3-2-4-7-11/h2-4,6-7,10,12H,1,5,8-9H2. The molecule has 0 amide bonds. The monoisotopic (exact) mass is 175 g/mol. The number of rotatable bonds is 2. The van der Waals surface area contributed by atoms with Gasteiger partial charge < -0.3 is 4.74 Å². The van der Waals surface area contributed by atoms with Gasteiger partial charge in [0.25, 0.3) is 0 Å². The predicted octanol–water partition coefficient (Wildman–Crippen LogP) is 2.78. The average molecular weight is 175 g/mol. The molecule has 1 saturated heterocycles. The van der Waals surface area contributed by atoms with Gasteiger partial charge in [-0.15, -0.1) is 0 Å². The first-order valence-corrected chi connectivity index (χ1v) is 4.87. The summed E-state index contributed by atoms with van der Waals surface area (Å²) in [5.41, 5.74) is 1.29. The van der Waals surface area contributed by atoms with Crippen molar-refractivity contribution < 1.29 is 4.74 Å². The van der Waals surface area contributed by atoms with E-state index in [0.29, 0.717) is 12.0 Å². The second-order valence-electron chi connectivity index (χ2n) is 3.57. The van der Waals surface area contributed by atoms with E-state index in [4.69, 9.17) is 4.74 Å². The van der Waals surface area contributed by atoms with E-state index < -0.39 is 0 Å². The Morgan fingerprint density at radius 3 is 2.69 bits per heavy atom. The molecule has 0 aromatic heterocycles. The zero-order chi connectivity index (χ0) is 9.10. The maximum Gasteiger partial charge on any atom is 0.0644 e. The number of hydrogen-bond donors (Lipinski definition) is 0. The molecule has 2 atom stereocenters. The molecular weight excluding hydrogens is 160 g/mol. The van der Waals surface area contributed by atoms with Crippen LogP contribution in [0.3, 0.4) is 0 Å². The zero-order valence-corrected chi connectivity index (χ0v) is 7.78. The molecule has 1 radical (unpaired) electrons. The van der Waals surface area contributed by atoms with E-state index in [-0.39, 0.29) is 0 Å². The fourth-order valence-electron chi connectivity index (χ4n) is 1.83. The molecule has 0 N–H and O–H groups in total. The van der Waals surface area contributed by atoms with Crippen LogP contribution in [0.25, 0.3) is 0 Å². The maximum absolute atomic E-state index is 5.61. The number of benzene rings is 1. The van der Waals surface area contributed by atoms with Crippen LogP contribution in [0.5, 0.6) is 0 Å². The highest BCUT2D eigenvalue weighted by molar-refractivity contribution is 5.21. The van der Waals surface area contributed by atoms with Crippen LogP contribution in [0, 0.1) is 6.92 Å². The van der Waals surface area contributed by atoms with Crippen molar-refractivity contribution in [1.82, 2.24) is 0 Å². The van der Waals surface area contributed by atoms with Crippen molar-refractivity contribution in [2.45, 2.75) is 24.9 Å². The van der Waals surface area contributed by atoms with Gasteiger partial charge >= 0.3 is 0 Å². The average Bonchev–Trinajstić information content (AvgIpc) is 2.71. The highest BCUT2D eigenvalue weighted by atomic mass is 16.5. The van der Waals surface area contributed by atoms with E-state index in [1.165, 1.54) is 12.0 Å². The Bertz CT molecular complexity index is 249. The van der Waals surface area contributed by atoms with Crippen molar-refractivity contribution in [3.8, 4) is 0 Å².